The van der Waals surface area contributed by atoms with Crippen molar-refractivity contribution in [1.82, 2.24) is 10.2 Å². The quantitative estimate of drug-likeness (QED) is 0.789. The summed E-state index contributed by atoms with van der Waals surface area (Å²) in [5, 5.41) is 11.8. The summed E-state index contributed by atoms with van der Waals surface area (Å²) in [4.78, 5) is 24.9. The van der Waals surface area contributed by atoms with Crippen molar-refractivity contribution in [3.8, 4) is 0 Å². The van der Waals surface area contributed by atoms with Gasteiger partial charge >= 0.3 is 12.0 Å². The third-order valence-electron chi connectivity index (χ3n) is 3.44. The van der Waals surface area contributed by atoms with E-state index in [1.165, 1.54) is 0 Å². The Labute approximate surface area is 125 Å². The highest BCUT2D eigenvalue weighted by molar-refractivity contribution is 7.99. The fraction of sp³-hybridized carbons (Fsp3) is 0.857. The number of hydrogen-bond donors (Lipinski definition) is 2. The van der Waals surface area contributed by atoms with Gasteiger partial charge in [-0.25, -0.2) is 4.79 Å². The van der Waals surface area contributed by atoms with Crippen LogP contribution in [0.3, 0.4) is 0 Å². The Kier molecular flexibility index (Phi) is 7.19. The molecule has 5 nitrogen and oxygen atoms in total. The highest BCUT2D eigenvalue weighted by atomic mass is 32.2. The molecule has 1 heterocycles. The van der Waals surface area contributed by atoms with Gasteiger partial charge in [-0.1, -0.05) is 13.8 Å². The van der Waals surface area contributed by atoms with E-state index in [4.69, 9.17) is 5.11 Å². The summed E-state index contributed by atoms with van der Waals surface area (Å²) in [6.07, 6.45) is 0.932. The van der Waals surface area contributed by atoms with E-state index in [2.05, 4.69) is 26.1 Å². The van der Waals surface area contributed by atoms with Gasteiger partial charge < -0.3 is 15.3 Å². The zero-order valence-electron chi connectivity index (χ0n) is 12.6. The third-order valence-corrected chi connectivity index (χ3v) is 4.63. The van der Waals surface area contributed by atoms with Crippen molar-refractivity contribution in [2.75, 3.05) is 24.6 Å². The Morgan fingerprint density at radius 2 is 2.15 bits per heavy atom. The number of thioether (sulfide) groups is 1. The smallest absolute Gasteiger partial charge is 0.317 e. The molecule has 0 bridgehead atoms. The van der Waals surface area contributed by atoms with Crippen LogP contribution in [-0.2, 0) is 4.79 Å². The fourth-order valence-electron chi connectivity index (χ4n) is 2.51. The summed E-state index contributed by atoms with van der Waals surface area (Å²) in [5.41, 5.74) is 0. The number of carboxylic acid groups (broad SMARTS) is 1. The molecule has 0 aromatic carbocycles. The van der Waals surface area contributed by atoms with Gasteiger partial charge in [0.2, 0.25) is 0 Å². The molecule has 0 aromatic heterocycles. The number of urea groups is 1. The van der Waals surface area contributed by atoms with Gasteiger partial charge in [0.05, 0.1) is 0 Å². The fourth-order valence-corrected chi connectivity index (χ4v) is 3.53. The highest BCUT2D eigenvalue weighted by Gasteiger charge is 2.24. The third kappa shape index (κ3) is 6.03. The lowest BCUT2D eigenvalue weighted by atomic mass is 9.94. The van der Waals surface area contributed by atoms with Gasteiger partial charge in [0.15, 0.2) is 0 Å². The summed E-state index contributed by atoms with van der Waals surface area (Å²) < 4.78 is 0. The van der Waals surface area contributed by atoms with Crippen LogP contribution in [0.1, 0.15) is 33.6 Å². The second-order valence-corrected chi connectivity index (χ2v) is 7.05. The molecule has 0 aliphatic carbocycles. The number of amides is 2. The second-order valence-electron chi connectivity index (χ2n) is 5.90. The van der Waals surface area contributed by atoms with Crippen LogP contribution in [0.5, 0.6) is 0 Å². The van der Waals surface area contributed by atoms with E-state index >= 15 is 0 Å². The maximum atomic E-state index is 12.1. The maximum absolute atomic E-state index is 12.1. The lowest BCUT2D eigenvalue weighted by Crippen LogP contribution is -2.50. The van der Waals surface area contributed by atoms with Gasteiger partial charge in [-0.05, 0) is 25.2 Å². The molecule has 20 heavy (non-hydrogen) atoms. The van der Waals surface area contributed by atoms with Crippen molar-refractivity contribution in [1.29, 1.82) is 0 Å². The standard InChI is InChI=1S/C14H26N2O3S/c1-10(2)6-12(7-13(17)18)8-15-14(19)16-4-5-20-9-11(16)3/h10-12H,4-9H2,1-3H3,(H,15,19)(H,17,18)/t11?,12-/m0/s1. The van der Waals surface area contributed by atoms with E-state index in [1.807, 2.05) is 16.7 Å². The lowest BCUT2D eigenvalue weighted by Gasteiger charge is -2.33. The van der Waals surface area contributed by atoms with E-state index in [-0.39, 0.29) is 24.4 Å². The average Bonchev–Trinajstić information content (AvgIpc) is 2.34. The van der Waals surface area contributed by atoms with Gasteiger partial charge in [0.1, 0.15) is 0 Å². The van der Waals surface area contributed by atoms with Crippen LogP contribution >= 0.6 is 11.8 Å². The predicted octanol–water partition coefficient (Wildman–Crippen LogP) is 2.27. The Balaban J connectivity index is 2.44. The molecule has 6 heteroatoms. The molecule has 1 saturated heterocycles. The SMILES string of the molecule is CC(C)C[C@H](CNC(=O)N1CCSCC1C)CC(=O)O. The van der Waals surface area contributed by atoms with Crippen LogP contribution in [-0.4, -0.2) is 52.6 Å². The monoisotopic (exact) mass is 302 g/mol. The summed E-state index contributed by atoms with van der Waals surface area (Å²) in [7, 11) is 0. The molecular formula is C14H26N2O3S. The molecule has 116 valence electrons. The molecule has 2 N–H and O–H groups in total. The summed E-state index contributed by atoms with van der Waals surface area (Å²) in [5.74, 6) is 1.58. The van der Waals surface area contributed by atoms with Crippen LogP contribution in [0.2, 0.25) is 0 Å². The number of hydrogen-bond acceptors (Lipinski definition) is 3. The molecule has 2 atom stereocenters. The zero-order chi connectivity index (χ0) is 15.1. The first kappa shape index (κ1) is 17.1. The number of carbonyl (C=O) groups excluding carboxylic acids is 1. The topological polar surface area (TPSA) is 69.6 Å². The number of nitrogens with one attached hydrogen (secondary N) is 1. The number of nitrogens with zero attached hydrogens (tertiary/aromatic N) is 1. The first-order valence-corrected chi connectivity index (χ1v) is 8.39. The van der Waals surface area contributed by atoms with Crippen LogP contribution in [0.4, 0.5) is 4.79 Å². The Morgan fingerprint density at radius 1 is 1.45 bits per heavy atom. The lowest BCUT2D eigenvalue weighted by molar-refractivity contribution is -0.138. The van der Waals surface area contributed by atoms with Gasteiger partial charge in [-0.15, -0.1) is 0 Å². The van der Waals surface area contributed by atoms with Crippen LogP contribution in [0.25, 0.3) is 0 Å². The minimum atomic E-state index is -0.798. The maximum Gasteiger partial charge on any atom is 0.317 e. The molecule has 0 radical (unpaired) electrons. The van der Waals surface area contributed by atoms with E-state index in [1.54, 1.807) is 0 Å². The molecule has 1 rings (SSSR count). The molecule has 0 saturated carbocycles. The molecule has 1 fully saturated rings. The molecule has 0 spiro atoms. The van der Waals surface area contributed by atoms with E-state index in [0.717, 1.165) is 24.5 Å². The second kappa shape index (κ2) is 8.39. The summed E-state index contributed by atoms with van der Waals surface area (Å²) in [6, 6.07) is 0.189. The van der Waals surface area contributed by atoms with Gasteiger partial charge in [-0.2, -0.15) is 11.8 Å². The molecular weight excluding hydrogens is 276 g/mol. The van der Waals surface area contributed by atoms with E-state index in [0.29, 0.717) is 12.5 Å². The van der Waals surface area contributed by atoms with Crippen molar-refractivity contribution in [2.24, 2.45) is 11.8 Å². The minimum absolute atomic E-state index is 0.00548. The Bertz CT molecular complexity index is 336. The highest BCUT2D eigenvalue weighted by Crippen LogP contribution is 2.17. The van der Waals surface area contributed by atoms with E-state index in [9.17, 15) is 9.59 Å². The normalized spacial score (nSPS) is 20.8. The number of carbonyl (C=O) groups is 2. The van der Waals surface area contributed by atoms with Gasteiger partial charge in [0, 0.05) is 37.1 Å². The predicted molar refractivity (Wildman–Crippen MR) is 82.1 cm³/mol. The molecule has 2 amide bonds. The Hall–Kier alpha value is -0.910. The summed E-state index contributed by atoms with van der Waals surface area (Å²) in [6.45, 7) is 7.40. The van der Waals surface area contributed by atoms with Crippen molar-refractivity contribution in [3.63, 3.8) is 0 Å². The first-order chi connectivity index (χ1) is 9.40. The van der Waals surface area contributed by atoms with Crippen molar-refractivity contribution in [3.05, 3.63) is 0 Å². The molecule has 1 aliphatic rings. The average molecular weight is 302 g/mol. The number of carboxylic acids is 1. The minimum Gasteiger partial charge on any atom is -0.481 e. The Morgan fingerprint density at radius 3 is 2.70 bits per heavy atom. The van der Waals surface area contributed by atoms with Gasteiger partial charge in [0.25, 0.3) is 0 Å². The summed E-state index contributed by atoms with van der Waals surface area (Å²) >= 11 is 1.87. The van der Waals surface area contributed by atoms with Crippen LogP contribution in [0.15, 0.2) is 0 Å². The number of rotatable bonds is 6. The first-order valence-electron chi connectivity index (χ1n) is 7.24. The molecule has 0 aromatic rings. The van der Waals surface area contributed by atoms with Crippen LogP contribution in [0, 0.1) is 11.8 Å². The van der Waals surface area contributed by atoms with Crippen molar-refractivity contribution < 1.29 is 14.7 Å². The number of aliphatic carboxylic acids is 1. The van der Waals surface area contributed by atoms with Gasteiger partial charge in [-0.3, -0.25) is 4.79 Å². The van der Waals surface area contributed by atoms with E-state index < -0.39 is 5.97 Å². The van der Waals surface area contributed by atoms with Crippen molar-refractivity contribution >= 4 is 23.8 Å². The largest absolute Gasteiger partial charge is 0.481 e. The molecule has 1 unspecified atom stereocenters. The van der Waals surface area contributed by atoms with Crippen molar-refractivity contribution in [2.45, 2.75) is 39.7 Å². The zero-order valence-corrected chi connectivity index (χ0v) is 13.4. The molecule has 1 aliphatic heterocycles. The van der Waals surface area contributed by atoms with Crippen LogP contribution < -0.4 is 5.32 Å².